The highest BCUT2D eigenvalue weighted by Gasteiger charge is 2.34. The molecule has 3 rings (SSSR count). The van der Waals surface area contributed by atoms with Crippen LogP contribution in [0.4, 0.5) is 16.2 Å². The number of ether oxygens (including phenoxy) is 1. The molecule has 0 unspecified atom stereocenters. The van der Waals surface area contributed by atoms with E-state index in [-0.39, 0.29) is 30.6 Å². The van der Waals surface area contributed by atoms with Crippen molar-refractivity contribution in [2.75, 3.05) is 44.4 Å². The molecule has 3 N–H and O–H groups in total. The van der Waals surface area contributed by atoms with Crippen LogP contribution in [-0.2, 0) is 0 Å². The smallest absolute Gasteiger partial charge is 0.323 e. The first-order chi connectivity index (χ1) is 15.6. The number of aliphatic hydroxyl groups excluding tert-OH is 1. The van der Waals surface area contributed by atoms with E-state index in [1.165, 1.54) is 0 Å². The van der Waals surface area contributed by atoms with Gasteiger partial charge in [0.1, 0.15) is 17.5 Å². The molecule has 10 heteroatoms. The summed E-state index contributed by atoms with van der Waals surface area (Å²) in [5.74, 6) is 0.537. The Morgan fingerprint density at radius 1 is 1.33 bits per heavy atom. The molecule has 1 aromatic carbocycles. The average Bonchev–Trinajstić information content (AvgIpc) is 3.07. The number of hydrogen-bond acceptors (Lipinski definition) is 7. The van der Waals surface area contributed by atoms with Crippen molar-refractivity contribution >= 4 is 23.3 Å². The van der Waals surface area contributed by atoms with Gasteiger partial charge >= 0.3 is 6.03 Å². The van der Waals surface area contributed by atoms with E-state index in [1.807, 2.05) is 32.8 Å². The second kappa shape index (κ2) is 10.2. The standard InChI is InChI=1S/C23H33N5O5/c1-13-10-28(14(2)12-29)22(30)17-8-7-9-18(21(17)32-19(13)11-27(5)6)24-23(31)25-20-15(3)26-33-16(20)4/h7-9,13-14,19,29H,10-12H2,1-6H3,(H2,24,25,31)/t13-,14+,19-/m0/s1. The van der Waals surface area contributed by atoms with Crippen molar-refractivity contribution in [3.8, 4) is 5.75 Å². The molecule has 0 spiro atoms. The number of carbonyl (C=O) groups excluding carboxylic acids is 2. The highest BCUT2D eigenvalue weighted by molar-refractivity contribution is 6.04. The fourth-order valence-electron chi connectivity index (χ4n) is 3.85. The minimum atomic E-state index is -0.506. The molecule has 0 fully saturated rings. The number of aliphatic hydroxyl groups is 1. The maximum absolute atomic E-state index is 13.4. The lowest BCUT2D eigenvalue weighted by Crippen LogP contribution is -2.49. The number of para-hydroxylation sites is 1. The largest absolute Gasteiger partial charge is 0.486 e. The summed E-state index contributed by atoms with van der Waals surface area (Å²) in [4.78, 5) is 29.9. The summed E-state index contributed by atoms with van der Waals surface area (Å²) in [6, 6.07) is 4.20. The van der Waals surface area contributed by atoms with E-state index in [1.54, 1.807) is 36.9 Å². The third-order valence-corrected chi connectivity index (χ3v) is 5.76. The third-order valence-electron chi connectivity index (χ3n) is 5.76. The molecule has 0 aliphatic carbocycles. The van der Waals surface area contributed by atoms with Crippen molar-refractivity contribution in [1.29, 1.82) is 0 Å². The van der Waals surface area contributed by atoms with E-state index in [9.17, 15) is 14.7 Å². The predicted molar refractivity (Wildman–Crippen MR) is 125 cm³/mol. The van der Waals surface area contributed by atoms with Gasteiger partial charge in [-0.2, -0.15) is 0 Å². The first-order valence-electron chi connectivity index (χ1n) is 11.0. The number of urea groups is 1. The molecule has 0 saturated carbocycles. The van der Waals surface area contributed by atoms with Crippen molar-refractivity contribution in [3.63, 3.8) is 0 Å². The van der Waals surface area contributed by atoms with Crippen LogP contribution in [-0.4, -0.2) is 77.9 Å². The zero-order valence-electron chi connectivity index (χ0n) is 20.0. The van der Waals surface area contributed by atoms with Crippen molar-refractivity contribution in [2.24, 2.45) is 5.92 Å². The zero-order valence-corrected chi connectivity index (χ0v) is 20.0. The molecule has 3 atom stereocenters. The molecule has 33 heavy (non-hydrogen) atoms. The lowest BCUT2D eigenvalue weighted by Gasteiger charge is -2.38. The Morgan fingerprint density at radius 3 is 2.67 bits per heavy atom. The number of benzene rings is 1. The molecule has 2 heterocycles. The maximum atomic E-state index is 13.4. The van der Waals surface area contributed by atoms with Crippen LogP contribution in [0, 0.1) is 19.8 Å². The highest BCUT2D eigenvalue weighted by Crippen LogP contribution is 2.35. The van der Waals surface area contributed by atoms with Crippen LogP contribution < -0.4 is 15.4 Å². The highest BCUT2D eigenvalue weighted by atomic mass is 16.5. The van der Waals surface area contributed by atoms with Crippen LogP contribution in [0.15, 0.2) is 22.7 Å². The first-order valence-corrected chi connectivity index (χ1v) is 11.0. The molecule has 180 valence electrons. The first kappa shape index (κ1) is 24.5. The van der Waals surface area contributed by atoms with E-state index >= 15 is 0 Å². The van der Waals surface area contributed by atoms with Crippen LogP contribution in [0.1, 0.15) is 35.7 Å². The number of fused-ring (bicyclic) bond motifs is 1. The van der Waals surface area contributed by atoms with Crippen LogP contribution in [0.3, 0.4) is 0 Å². The van der Waals surface area contributed by atoms with Gasteiger partial charge in [0.2, 0.25) is 0 Å². The molecule has 1 aliphatic heterocycles. The Balaban J connectivity index is 1.98. The molecule has 1 aliphatic rings. The Kier molecular flexibility index (Phi) is 7.60. The van der Waals surface area contributed by atoms with Gasteiger partial charge in [0, 0.05) is 19.0 Å². The topological polar surface area (TPSA) is 120 Å². The SMILES string of the molecule is Cc1noc(C)c1NC(=O)Nc1cccc2c1O[C@@H](CN(C)C)[C@@H](C)CN([C@H](C)CO)C2=O. The van der Waals surface area contributed by atoms with Crippen molar-refractivity contribution in [3.05, 3.63) is 35.2 Å². The number of nitrogens with zero attached hydrogens (tertiary/aromatic N) is 3. The fourth-order valence-corrected chi connectivity index (χ4v) is 3.85. The second-order valence-corrected chi connectivity index (χ2v) is 8.85. The van der Waals surface area contributed by atoms with Gasteiger partial charge in [-0.1, -0.05) is 18.1 Å². The van der Waals surface area contributed by atoms with E-state index in [0.29, 0.717) is 47.2 Å². The zero-order chi connectivity index (χ0) is 24.3. The summed E-state index contributed by atoms with van der Waals surface area (Å²) in [7, 11) is 3.91. The molecule has 10 nitrogen and oxygen atoms in total. The van der Waals surface area contributed by atoms with E-state index in [2.05, 4.69) is 15.8 Å². The summed E-state index contributed by atoms with van der Waals surface area (Å²) >= 11 is 0. The van der Waals surface area contributed by atoms with Crippen LogP contribution >= 0.6 is 0 Å². The number of nitrogens with one attached hydrogen (secondary N) is 2. The minimum Gasteiger partial charge on any atom is -0.486 e. The molecule has 3 amide bonds. The van der Waals surface area contributed by atoms with Crippen LogP contribution in [0.25, 0.3) is 0 Å². The summed E-state index contributed by atoms with van der Waals surface area (Å²) in [6.45, 7) is 8.19. The summed E-state index contributed by atoms with van der Waals surface area (Å²) in [5, 5.41) is 19.1. The number of aryl methyl sites for hydroxylation is 2. The van der Waals surface area contributed by atoms with Crippen molar-refractivity contribution < 1.29 is 24.0 Å². The normalized spacial score (nSPS) is 19.4. The lowest BCUT2D eigenvalue weighted by molar-refractivity contribution is 0.0365. The maximum Gasteiger partial charge on any atom is 0.323 e. The van der Waals surface area contributed by atoms with Gasteiger partial charge in [0.15, 0.2) is 11.5 Å². The second-order valence-electron chi connectivity index (χ2n) is 8.85. The van der Waals surface area contributed by atoms with E-state index in [0.717, 1.165) is 0 Å². The van der Waals surface area contributed by atoms with E-state index in [4.69, 9.17) is 9.26 Å². The Hall–Kier alpha value is -3.11. The van der Waals surface area contributed by atoms with Crippen LogP contribution in [0.5, 0.6) is 5.75 Å². The van der Waals surface area contributed by atoms with Gasteiger partial charge < -0.3 is 34.8 Å². The van der Waals surface area contributed by atoms with Gasteiger partial charge in [-0.3, -0.25) is 4.79 Å². The number of carbonyl (C=O) groups is 2. The summed E-state index contributed by atoms with van der Waals surface area (Å²) in [6.07, 6.45) is -0.242. The molecular weight excluding hydrogens is 426 g/mol. The lowest BCUT2D eigenvalue weighted by atomic mass is 9.99. The molecule has 1 aromatic heterocycles. The summed E-state index contributed by atoms with van der Waals surface area (Å²) < 4.78 is 11.5. The molecular formula is C23H33N5O5. The Morgan fingerprint density at radius 2 is 2.06 bits per heavy atom. The number of aromatic nitrogens is 1. The monoisotopic (exact) mass is 459 g/mol. The van der Waals surface area contributed by atoms with Crippen molar-refractivity contribution in [1.82, 2.24) is 15.0 Å². The molecule has 2 aromatic rings. The van der Waals surface area contributed by atoms with Gasteiger partial charge in [0.25, 0.3) is 5.91 Å². The minimum absolute atomic E-state index is 0.0114. The number of amides is 3. The van der Waals surface area contributed by atoms with Gasteiger partial charge in [0.05, 0.1) is 23.9 Å². The molecule has 0 bridgehead atoms. The molecule has 0 saturated heterocycles. The third kappa shape index (κ3) is 5.45. The number of hydrogen-bond donors (Lipinski definition) is 3. The predicted octanol–water partition coefficient (Wildman–Crippen LogP) is 2.72. The fraction of sp³-hybridized carbons (Fsp3) is 0.522. The van der Waals surface area contributed by atoms with E-state index < -0.39 is 6.03 Å². The van der Waals surface area contributed by atoms with Crippen LogP contribution in [0.2, 0.25) is 0 Å². The van der Waals surface area contributed by atoms with Gasteiger partial charge in [-0.15, -0.1) is 0 Å². The van der Waals surface area contributed by atoms with Gasteiger partial charge in [-0.05, 0) is 47.0 Å². The number of anilines is 2. The molecule has 0 radical (unpaired) electrons. The Labute approximate surface area is 193 Å². The van der Waals surface area contributed by atoms with Gasteiger partial charge in [-0.25, -0.2) is 4.79 Å². The Bertz CT molecular complexity index is 986. The number of rotatable bonds is 6. The quantitative estimate of drug-likeness (QED) is 0.607. The van der Waals surface area contributed by atoms with Crippen molar-refractivity contribution in [2.45, 2.75) is 39.8 Å². The summed E-state index contributed by atoms with van der Waals surface area (Å²) in [5.41, 5.74) is 1.76. The average molecular weight is 460 g/mol. The number of likely N-dealkylation sites (N-methyl/N-ethyl adjacent to an activating group) is 1.